The van der Waals surface area contributed by atoms with Crippen LogP contribution >= 0.6 is 0 Å². The Morgan fingerprint density at radius 2 is 1.93 bits per heavy atom. The number of aryl methyl sites for hydroxylation is 2. The average Bonchev–Trinajstić information content (AvgIpc) is 2.67. The van der Waals surface area contributed by atoms with E-state index < -0.39 is 0 Å². The lowest BCUT2D eigenvalue weighted by atomic mass is 9.81. The second-order valence-electron chi connectivity index (χ2n) is 7.55. The van der Waals surface area contributed by atoms with Gasteiger partial charge in [0.05, 0.1) is 0 Å². The SMILES string of the molecule is Cc1cccc(C=CC(=O)Nc2ccc(C(C)C3CCOCC3)c(C)c2)c1. The Morgan fingerprint density at radius 3 is 2.63 bits per heavy atom. The van der Waals surface area contributed by atoms with Gasteiger partial charge in [0.25, 0.3) is 0 Å². The fraction of sp³-hybridized carbons (Fsp3) is 0.375. The summed E-state index contributed by atoms with van der Waals surface area (Å²) in [6, 6.07) is 14.3. The Bertz CT molecular complexity index is 819. The molecule has 1 heterocycles. The number of nitrogens with one attached hydrogen (secondary N) is 1. The largest absolute Gasteiger partial charge is 0.381 e. The van der Waals surface area contributed by atoms with E-state index in [1.54, 1.807) is 6.08 Å². The molecule has 0 radical (unpaired) electrons. The Hall–Kier alpha value is -2.39. The molecule has 1 fully saturated rings. The minimum absolute atomic E-state index is 0.110. The van der Waals surface area contributed by atoms with Gasteiger partial charge in [-0.05, 0) is 73.4 Å². The van der Waals surface area contributed by atoms with Crippen LogP contribution in [0.5, 0.6) is 0 Å². The molecule has 0 spiro atoms. The van der Waals surface area contributed by atoms with Crippen molar-refractivity contribution in [2.24, 2.45) is 5.92 Å². The number of carbonyl (C=O) groups is 1. The van der Waals surface area contributed by atoms with Gasteiger partial charge < -0.3 is 10.1 Å². The van der Waals surface area contributed by atoms with Crippen molar-refractivity contribution in [2.45, 2.75) is 39.5 Å². The first-order valence-corrected chi connectivity index (χ1v) is 9.77. The summed E-state index contributed by atoms with van der Waals surface area (Å²) in [5.74, 6) is 1.08. The average molecular weight is 364 g/mol. The molecule has 3 nitrogen and oxygen atoms in total. The molecule has 0 bridgehead atoms. The van der Waals surface area contributed by atoms with Crippen molar-refractivity contribution in [2.75, 3.05) is 18.5 Å². The molecule has 1 aliphatic heterocycles. The maximum Gasteiger partial charge on any atom is 0.248 e. The fourth-order valence-corrected chi connectivity index (χ4v) is 3.86. The number of rotatable bonds is 5. The van der Waals surface area contributed by atoms with Crippen LogP contribution < -0.4 is 5.32 Å². The van der Waals surface area contributed by atoms with E-state index in [4.69, 9.17) is 4.74 Å². The number of amides is 1. The topological polar surface area (TPSA) is 38.3 Å². The van der Waals surface area contributed by atoms with Gasteiger partial charge in [0.15, 0.2) is 0 Å². The van der Waals surface area contributed by atoms with E-state index in [1.807, 2.05) is 37.3 Å². The molecule has 0 saturated carbocycles. The predicted octanol–water partition coefficient (Wildman–Crippen LogP) is 5.49. The molecule has 1 amide bonds. The van der Waals surface area contributed by atoms with E-state index in [9.17, 15) is 4.79 Å². The lowest BCUT2D eigenvalue weighted by Gasteiger charge is -2.29. The lowest BCUT2D eigenvalue weighted by molar-refractivity contribution is -0.111. The molecule has 1 atom stereocenters. The van der Waals surface area contributed by atoms with Gasteiger partial charge in [-0.15, -0.1) is 0 Å². The van der Waals surface area contributed by atoms with E-state index in [2.05, 4.69) is 37.4 Å². The van der Waals surface area contributed by atoms with Crippen molar-refractivity contribution in [3.05, 3.63) is 70.8 Å². The molecule has 1 N–H and O–H groups in total. The quantitative estimate of drug-likeness (QED) is 0.714. The van der Waals surface area contributed by atoms with E-state index >= 15 is 0 Å². The fourth-order valence-electron chi connectivity index (χ4n) is 3.86. The monoisotopic (exact) mass is 363 g/mol. The smallest absolute Gasteiger partial charge is 0.248 e. The van der Waals surface area contributed by atoms with Gasteiger partial charge in [-0.1, -0.05) is 42.8 Å². The van der Waals surface area contributed by atoms with Crippen molar-refractivity contribution < 1.29 is 9.53 Å². The second kappa shape index (κ2) is 9.01. The van der Waals surface area contributed by atoms with E-state index in [0.29, 0.717) is 11.8 Å². The van der Waals surface area contributed by atoms with Crippen molar-refractivity contribution in [3.63, 3.8) is 0 Å². The van der Waals surface area contributed by atoms with Gasteiger partial charge in [0.2, 0.25) is 5.91 Å². The molecular weight excluding hydrogens is 334 g/mol. The molecule has 2 aromatic carbocycles. The Balaban J connectivity index is 1.63. The van der Waals surface area contributed by atoms with Crippen LogP contribution in [0.1, 0.15) is 47.9 Å². The molecule has 0 aromatic heterocycles. The van der Waals surface area contributed by atoms with Gasteiger partial charge in [-0.3, -0.25) is 4.79 Å². The normalized spacial score (nSPS) is 16.4. The third kappa shape index (κ3) is 5.30. The Labute approximate surface area is 162 Å². The van der Waals surface area contributed by atoms with Crippen LogP contribution in [0.15, 0.2) is 48.5 Å². The highest BCUT2D eigenvalue weighted by Gasteiger charge is 2.22. The number of hydrogen-bond donors (Lipinski definition) is 1. The first-order chi connectivity index (χ1) is 13.0. The van der Waals surface area contributed by atoms with Gasteiger partial charge in [-0.2, -0.15) is 0 Å². The van der Waals surface area contributed by atoms with Crippen LogP contribution in [-0.4, -0.2) is 19.1 Å². The second-order valence-corrected chi connectivity index (χ2v) is 7.55. The van der Waals surface area contributed by atoms with Crippen LogP contribution in [0.3, 0.4) is 0 Å². The van der Waals surface area contributed by atoms with Gasteiger partial charge >= 0.3 is 0 Å². The van der Waals surface area contributed by atoms with Crippen molar-refractivity contribution >= 4 is 17.7 Å². The molecular formula is C24H29NO2. The standard InChI is InChI=1S/C24H29NO2/c1-17-5-4-6-20(15-17)7-10-24(26)25-22-8-9-23(18(2)16-22)19(3)21-11-13-27-14-12-21/h4-10,15-16,19,21H,11-14H2,1-3H3,(H,25,26). The molecule has 1 unspecified atom stereocenters. The predicted molar refractivity (Wildman–Crippen MR) is 112 cm³/mol. The minimum Gasteiger partial charge on any atom is -0.381 e. The van der Waals surface area contributed by atoms with E-state index in [0.717, 1.165) is 37.3 Å². The molecule has 2 aromatic rings. The van der Waals surface area contributed by atoms with Gasteiger partial charge in [0.1, 0.15) is 0 Å². The summed E-state index contributed by atoms with van der Waals surface area (Å²) >= 11 is 0. The molecule has 0 aliphatic carbocycles. The van der Waals surface area contributed by atoms with E-state index in [-0.39, 0.29) is 5.91 Å². The van der Waals surface area contributed by atoms with Crippen LogP contribution in [0.4, 0.5) is 5.69 Å². The summed E-state index contributed by atoms with van der Waals surface area (Å²) in [6.45, 7) is 8.22. The summed E-state index contributed by atoms with van der Waals surface area (Å²) in [6.07, 6.45) is 5.69. The highest BCUT2D eigenvalue weighted by Crippen LogP contribution is 2.34. The van der Waals surface area contributed by atoms with Gasteiger partial charge in [-0.25, -0.2) is 0 Å². The molecule has 3 heteroatoms. The molecule has 3 rings (SSSR count). The number of hydrogen-bond acceptors (Lipinski definition) is 2. The van der Waals surface area contributed by atoms with E-state index in [1.165, 1.54) is 16.7 Å². The Kier molecular flexibility index (Phi) is 6.46. The highest BCUT2D eigenvalue weighted by molar-refractivity contribution is 6.02. The zero-order valence-electron chi connectivity index (χ0n) is 16.5. The summed E-state index contributed by atoms with van der Waals surface area (Å²) in [5.41, 5.74) is 5.66. The number of benzene rings is 2. The van der Waals surface area contributed by atoms with Crippen molar-refractivity contribution in [1.82, 2.24) is 0 Å². The molecule has 1 aliphatic rings. The zero-order valence-corrected chi connectivity index (χ0v) is 16.5. The summed E-state index contributed by atoms with van der Waals surface area (Å²) in [5, 5.41) is 2.97. The minimum atomic E-state index is -0.110. The zero-order chi connectivity index (χ0) is 19.2. The first-order valence-electron chi connectivity index (χ1n) is 9.77. The van der Waals surface area contributed by atoms with Crippen LogP contribution in [0, 0.1) is 19.8 Å². The number of anilines is 1. The lowest BCUT2D eigenvalue weighted by Crippen LogP contribution is -2.21. The van der Waals surface area contributed by atoms with Gasteiger partial charge in [0, 0.05) is 25.0 Å². The molecule has 142 valence electrons. The third-order valence-corrected chi connectivity index (χ3v) is 5.47. The van der Waals surface area contributed by atoms with Crippen LogP contribution in [0.25, 0.3) is 6.08 Å². The van der Waals surface area contributed by atoms with Crippen molar-refractivity contribution in [3.8, 4) is 0 Å². The summed E-state index contributed by atoms with van der Waals surface area (Å²) < 4.78 is 5.49. The highest BCUT2D eigenvalue weighted by atomic mass is 16.5. The van der Waals surface area contributed by atoms with Crippen LogP contribution in [-0.2, 0) is 9.53 Å². The number of carbonyl (C=O) groups excluding carboxylic acids is 1. The van der Waals surface area contributed by atoms with Crippen LogP contribution in [0.2, 0.25) is 0 Å². The Morgan fingerprint density at radius 1 is 1.15 bits per heavy atom. The first kappa shape index (κ1) is 19.4. The summed E-state index contributed by atoms with van der Waals surface area (Å²) in [4.78, 5) is 12.2. The maximum absolute atomic E-state index is 12.2. The third-order valence-electron chi connectivity index (χ3n) is 5.47. The van der Waals surface area contributed by atoms with Crippen molar-refractivity contribution in [1.29, 1.82) is 0 Å². The molecule has 1 saturated heterocycles. The maximum atomic E-state index is 12.2. The number of ether oxygens (including phenoxy) is 1. The summed E-state index contributed by atoms with van der Waals surface area (Å²) in [7, 11) is 0. The molecule has 27 heavy (non-hydrogen) atoms.